The van der Waals surface area contributed by atoms with Crippen molar-refractivity contribution in [2.75, 3.05) is 27.1 Å². The molecule has 0 aliphatic rings. The molecular weight excluding hydrogens is 402 g/mol. The zero-order chi connectivity index (χ0) is 21.5. The molecule has 1 aromatic heterocycles. The van der Waals surface area contributed by atoms with Gasteiger partial charge in [0, 0.05) is 17.7 Å². The third kappa shape index (κ3) is 4.65. The molecular formula is C22H23N3O4S. The van der Waals surface area contributed by atoms with Gasteiger partial charge in [0.15, 0.2) is 28.3 Å². The Hall–Kier alpha value is -3.26. The first-order chi connectivity index (χ1) is 14.6. The first-order valence-electron chi connectivity index (χ1n) is 9.17. The van der Waals surface area contributed by atoms with Crippen LogP contribution in [0.15, 0.2) is 60.3 Å². The number of nitrogens with zero attached hydrogens (tertiary/aromatic N) is 3. The number of aromatic nitrogens is 3. The fourth-order valence-corrected chi connectivity index (χ4v) is 3.73. The summed E-state index contributed by atoms with van der Waals surface area (Å²) >= 11 is 1.33. The van der Waals surface area contributed by atoms with Crippen LogP contribution < -0.4 is 14.2 Å². The number of rotatable bonds is 10. The number of ketones is 1. The Bertz CT molecular complexity index is 1050. The van der Waals surface area contributed by atoms with Crippen LogP contribution in [0, 0.1) is 0 Å². The third-order valence-corrected chi connectivity index (χ3v) is 5.36. The molecule has 0 unspecified atom stereocenters. The number of thioether (sulfide) groups is 1. The van der Waals surface area contributed by atoms with Crippen LogP contribution in [0.1, 0.15) is 10.4 Å². The maximum absolute atomic E-state index is 12.6. The van der Waals surface area contributed by atoms with E-state index in [1.807, 2.05) is 22.8 Å². The van der Waals surface area contributed by atoms with Crippen molar-refractivity contribution in [2.45, 2.75) is 11.7 Å². The largest absolute Gasteiger partial charge is 0.497 e. The van der Waals surface area contributed by atoms with Gasteiger partial charge >= 0.3 is 0 Å². The fraction of sp³-hybridized carbons (Fsp3) is 0.227. The number of ether oxygens (including phenoxy) is 3. The van der Waals surface area contributed by atoms with Gasteiger partial charge in [-0.25, -0.2) is 0 Å². The highest BCUT2D eigenvalue weighted by Gasteiger charge is 2.17. The van der Waals surface area contributed by atoms with Crippen molar-refractivity contribution in [1.82, 2.24) is 14.8 Å². The van der Waals surface area contributed by atoms with Gasteiger partial charge in [-0.05, 0) is 30.3 Å². The predicted octanol–water partition coefficient (Wildman–Crippen LogP) is 4.13. The van der Waals surface area contributed by atoms with E-state index in [0.717, 1.165) is 5.56 Å². The Balaban J connectivity index is 1.84. The third-order valence-electron chi connectivity index (χ3n) is 4.39. The highest BCUT2D eigenvalue weighted by Crippen LogP contribution is 2.33. The van der Waals surface area contributed by atoms with E-state index in [-0.39, 0.29) is 11.5 Å². The van der Waals surface area contributed by atoms with E-state index in [9.17, 15) is 4.79 Å². The molecule has 3 aromatic rings. The number of hydrogen-bond acceptors (Lipinski definition) is 7. The molecule has 0 fully saturated rings. The van der Waals surface area contributed by atoms with Crippen LogP contribution in [0.4, 0.5) is 0 Å². The number of Topliss-reactive ketones (excluding diaryl/α,β-unsaturated/α-hetero) is 1. The Labute approximate surface area is 179 Å². The highest BCUT2D eigenvalue weighted by molar-refractivity contribution is 7.99. The number of methoxy groups -OCH3 is 3. The minimum Gasteiger partial charge on any atom is -0.497 e. The minimum atomic E-state index is -0.0141. The first kappa shape index (κ1) is 21.4. The molecule has 0 saturated carbocycles. The molecule has 7 nitrogen and oxygen atoms in total. The lowest BCUT2D eigenvalue weighted by atomic mass is 10.1. The molecule has 3 rings (SSSR count). The molecule has 156 valence electrons. The van der Waals surface area contributed by atoms with E-state index in [4.69, 9.17) is 14.2 Å². The average Bonchev–Trinajstić information content (AvgIpc) is 3.19. The van der Waals surface area contributed by atoms with Gasteiger partial charge in [-0.15, -0.1) is 16.8 Å². The maximum atomic E-state index is 12.6. The van der Waals surface area contributed by atoms with Gasteiger partial charge in [0.2, 0.25) is 0 Å². The van der Waals surface area contributed by atoms with E-state index >= 15 is 0 Å². The van der Waals surface area contributed by atoms with Crippen molar-refractivity contribution < 1.29 is 19.0 Å². The molecule has 0 aliphatic carbocycles. The van der Waals surface area contributed by atoms with E-state index in [0.29, 0.717) is 40.3 Å². The number of allylic oxidation sites excluding steroid dienone is 1. The fourth-order valence-electron chi connectivity index (χ4n) is 2.89. The molecule has 2 aromatic carbocycles. The van der Waals surface area contributed by atoms with Gasteiger partial charge in [-0.3, -0.25) is 9.36 Å². The summed E-state index contributed by atoms with van der Waals surface area (Å²) < 4.78 is 17.8. The summed E-state index contributed by atoms with van der Waals surface area (Å²) in [5.74, 6) is 2.76. The number of benzene rings is 2. The van der Waals surface area contributed by atoms with Gasteiger partial charge in [0.05, 0.1) is 27.1 Å². The Morgan fingerprint density at radius 3 is 2.57 bits per heavy atom. The molecule has 8 heteroatoms. The lowest BCUT2D eigenvalue weighted by Crippen LogP contribution is -2.05. The van der Waals surface area contributed by atoms with Crippen molar-refractivity contribution in [1.29, 1.82) is 0 Å². The molecule has 1 heterocycles. The van der Waals surface area contributed by atoms with Crippen molar-refractivity contribution >= 4 is 17.5 Å². The predicted molar refractivity (Wildman–Crippen MR) is 117 cm³/mol. The summed E-state index contributed by atoms with van der Waals surface area (Å²) in [4.78, 5) is 12.6. The second-order valence-corrected chi connectivity index (χ2v) is 7.16. The number of carbonyl (C=O) groups is 1. The van der Waals surface area contributed by atoms with E-state index in [2.05, 4.69) is 16.8 Å². The van der Waals surface area contributed by atoms with Crippen LogP contribution >= 0.6 is 11.8 Å². The van der Waals surface area contributed by atoms with Crippen molar-refractivity contribution in [3.63, 3.8) is 0 Å². The Kier molecular flexibility index (Phi) is 7.13. The maximum Gasteiger partial charge on any atom is 0.192 e. The summed E-state index contributed by atoms with van der Waals surface area (Å²) in [6.45, 7) is 4.33. The molecule has 0 saturated heterocycles. The standard InChI is InChI=1S/C22H23N3O4S/c1-5-11-25-21(16-9-10-19(28-3)20(13-16)29-4)23-24-22(25)30-14-18(26)15-7-6-8-17(12-15)27-2/h5-10,12-13H,1,11,14H2,2-4H3. The van der Waals surface area contributed by atoms with Crippen molar-refractivity contribution in [3.05, 3.63) is 60.7 Å². The van der Waals surface area contributed by atoms with Gasteiger partial charge in [0.1, 0.15) is 5.75 Å². The molecule has 0 spiro atoms. The quantitative estimate of drug-likeness (QED) is 0.275. The zero-order valence-electron chi connectivity index (χ0n) is 17.1. The van der Waals surface area contributed by atoms with Crippen LogP contribution in [0.2, 0.25) is 0 Å². The van der Waals surface area contributed by atoms with E-state index in [1.54, 1.807) is 51.7 Å². The number of carbonyl (C=O) groups excluding carboxylic acids is 1. The van der Waals surface area contributed by atoms with Crippen molar-refractivity contribution in [3.8, 4) is 28.6 Å². The molecule has 0 aliphatic heterocycles. The molecule has 0 N–H and O–H groups in total. The Morgan fingerprint density at radius 1 is 1.07 bits per heavy atom. The summed E-state index contributed by atoms with van der Waals surface area (Å²) in [6.07, 6.45) is 1.77. The first-order valence-corrected chi connectivity index (χ1v) is 10.2. The summed E-state index contributed by atoms with van der Waals surface area (Å²) in [6, 6.07) is 12.7. The smallest absolute Gasteiger partial charge is 0.192 e. The second kappa shape index (κ2) is 9.98. The minimum absolute atomic E-state index is 0.0141. The molecule has 30 heavy (non-hydrogen) atoms. The summed E-state index contributed by atoms with van der Waals surface area (Å²) in [5.41, 5.74) is 1.42. The van der Waals surface area contributed by atoms with E-state index < -0.39 is 0 Å². The lowest BCUT2D eigenvalue weighted by molar-refractivity contribution is 0.102. The highest BCUT2D eigenvalue weighted by atomic mass is 32.2. The second-order valence-electron chi connectivity index (χ2n) is 6.22. The molecule has 0 amide bonds. The molecule has 0 radical (unpaired) electrons. The summed E-state index contributed by atoms with van der Waals surface area (Å²) in [7, 11) is 4.75. The SMILES string of the molecule is C=CCn1c(SCC(=O)c2cccc(OC)c2)nnc1-c1ccc(OC)c(OC)c1. The number of hydrogen-bond donors (Lipinski definition) is 0. The van der Waals surface area contributed by atoms with Crippen LogP contribution in [0.3, 0.4) is 0 Å². The van der Waals surface area contributed by atoms with Crippen molar-refractivity contribution in [2.24, 2.45) is 0 Å². The van der Waals surface area contributed by atoms with Gasteiger partial charge < -0.3 is 14.2 Å². The van der Waals surface area contributed by atoms with Crippen LogP contribution in [0.25, 0.3) is 11.4 Å². The van der Waals surface area contributed by atoms with E-state index in [1.165, 1.54) is 11.8 Å². The summed E-state index contributed by atoms with van der Waals surface area (Å²) in [5, 5.41) is 9.25. The molecule has 0 atom stereocenters. The van der Waals surface area contributed by atoms with Crippen LogP contribution in [0.5, 0.6) is 17.2 Å². The van der Waals surface area contributed by atoms with Gasteiger partial charge in [0.25, 0.3) is 0 Å². The lowest BCUT2D eigenvalue weighted by Gasteiger charge is -2.11. The zero-order valence-corrected chi connectivity index (χ0v) is 17.9. The average molecular weight is 426 g/mol. The monoisotopic (exact) mass is 425 g/mol. The van der Waals surface area contributed by atoms with Gasteiger partial charge in [-0.1, -0.05) is 30.0 Å². The normalized spacial score (nSPS) is 10.5. The van der Waals surface area contributed by atoms with Gasteiger partial charge in [-0.2, -0.15) is 0 Å². The Morgan fingerprint density at radius 2 is 1.87 bits per heavy atom. The molecule has 0 bridgehead atoms. The van der Waals surface area contributed by atoms with Crippen LogP contribution in [-0.2, 0) is 6.54 Å². The topological polar surface area (TPSA) is 75.5 Å². The van der Waals surface area contributed by atoms with Crippen LogP contribution in [-0.4, -0.2) is 47.6 Å².